The summed E-state index contributed by atoms with van der Waals surface area (Å²) in [6, 6.07) is 4.36. The van der Waals surface area contributed by atoms with Crippen LogP contribution in [0.3, 0.4) is 0 Å². The number of rotatable bonds is 1. The summed E-state index contributed by atoms with van der Waals surface area (Å²) in [5.74, 6) is -5.64. The highest BCUT2D eigenvalue weighted by Crippen LogP contribution is 2.56. The van der Waals surface area contributed by atoms with E-state index < -0.39 is 34.7 Å². The number of carbonyl (C=O) groups excluding carboxylic acids is 1. The zero-order valence-electron chi connectivity index (χ0n) is 11.2. The van der Waals surface area contributed by atoms with E-state index in [0.29, 0.717) is 11.1 Å². The van der Waals surface area contributed by atoms with Gasteiger partial charge in [-0.2, -0.15) is 0 Å². The highest BCUT2D eigenvalue weighted by Gasteiger charge is 2.36. The zero-order chi connectivity index (χ0) is 16.2. The van der Waals surface area contributed by atoms with Crippen LogP contribution in [0.15, 0.2) is 18.2 Å². The second-order valence-corrected chi connectivity index (χ2v) is 5.14. The summed E-state index contributed by atoms with van der Waals surface area (Å²) in [4.78, 5) is 12.0. The summed E-state index contributed by atoms with van der Waals surface area (Å²) >= 11 is 0. The monoisotopic (exact) mass is 302 g/mol. The molecule has 2 aromatic rings. The fourth-order valence-corrected chi connectivity index (χ4v) is 2.80. The minimum Gasteiger partial charge on any atom is -0.699 e. The Hall–Kier alpha value is -3.09. The molecular weight excluding hydrogens is 290 g/mol. The van der Waals surface area contributed by atoms with E-state index in [0.717, 1.165) is 0 Å². The van der Waals surface area contributed by atoms with Gasteiger partial charge in [0.15, 0.2) is 17.3 Å². The normalized spacial score (nSPS) is 16.7. The van der Waals surface area contributed by atoms with Crippen molar-refractivity contribution in [1.82, 2.24) is 0 Å². The van der Waals surface area contributed by atoms with Gasteiger partial charge in [0.2, 0.25) is 17.2 Å². The number of aromatic hydroxyl groups is 5. The summed E-state index contributed by atoms with van der Waals surface area (Å²) in [6.45, 7) is 0. The van der Waals surface area contributed by atoms with Gasteiger partial charge in [-0.1, -0.05) is 18.2 Å². The average molecular weight is 302 g/mol. The first-order valence-corrected chi connectivity index (χ1v) is 6.40. The van der Waals surface area contributed by atoms with E-state index in [-0.39, 0.29) is 23.5 Å². The second kappa shape index (κ2) is 4.45. The molecule has 0 bridgehead atoms. The Morgan fingerprint density at radius 3 is 2.05 bits per heavy atom. The van der Waals surface area contributed by atoms with Crippen molar-refractivity contribution < 1.29 is 30.3 Å². The highest BCUT2D eigenvalue weighted by molar-refractivity contribution is 6.03. The number of Topliss-reactive ketones (excluding diaryl/α,β-unsaturated/α-hetero) is 1. The predicted octanol–water partition coefficient (Wildman–Crippen LogP) is 2.62. The smallest absolute Gasteiger partial charge is 0.208 e. The third kappa shape index (κ3) is 1.72. The molecule has 22 heavy (non-hydrogen) atoms. The van der Waals surface area contributed by atoms with Crippen molar-refractivity contribution in [3.05, 3.63) is 40.6 Å². The van der Waals surface area contributed by atoms with Gasteiger partial charge in [-0.3, -0.25) is 4.79 Å². The molecule has 0 heterocycles. The van der Waals surface area contributed by atoms with Crippen LogP contribution in [0, 0.1) is 0 Å². The van der Waals surface area contributed by atoms with Crippen molar-refractivity contribution in [1.29, 1.82) is 0 Å². The lowest BCUT2D eigenvalue weighted by atomic mass is 9.90. The summed E-state index contributed by atoms with van der Waals surface area (Å²) in [5, 5.41) is 48.6. The van der Waals surface area contributed by atoms with E-state index in [1.54, 1.807) is 0 Å². The molecule has 0 radical (unpaired) electrons. The molecule has 0 spiro atoms. The van der Waals surface area contributed by atoms with Crippen LogP contribution >= 0.6 is 0 Å². The molecule has 0 amide bonds. The van der Waals surface area contributed by atoms with Gasteiger partial charge in [-0.15, -0.1) is 5.69 Å². The van der Waals surface area contributed by atoms with Crippen LogP contribution in [0.5, 0.6) is 28.7 Å². The fraction of sp³-hybridized carbons (Fsp3) is 0.133. The fourth-order valence-electron chi connectivity index (χ4n) is 2.80. The SMILES string of the molecule is [NH-]c1ccc2c(c1)C(=O)C[C@H]2c1c(O)c(O)c(O)c(O)c1O. The van der Waals surface area contributed by atoms with Crippen molar-refractivity contribution in [2.45, 2.75) is 12.3 Å². The van der Waals surface area contributed by atoms with Gasteiger partial charge in [-0.25, -0.2) is 0 Å². The minimum atomic E-state index is -1.04. The van der Waals surface area contributed by atoms with Gasteiger partial charge in [0.05, 0.1) is 5.56 Å². The Morgan fingerprint density at radius 2 is 1.45 bits per heavy atom. The maximum absolute atomic E-state index is 12.0. The number of hydrogen-bond donors (Lipinski definition) is 5. The summed E-state index contributed by atoms with van der Waals surface area (Å²) < 4.78 is 0. The Labute approximate surface area is 124 Å². The van der Waals surface area contributed by atoms with Gasteiger partial charge >= 0.3 is 0 Å². The average Bonchev–Trinajstić information content (AvgIpc) is 2.80. The summed E-state index contributed by atoms with van der Waals surface area (Å²) in [6.07, 6.45) is -0.0937. The molecule has 6 N–H and O–H groups in total. The van der Waals surface area contributed by atoms with Gasteiger partial charge in [0.25, 0.3) is 0 Å². The molecule has 0 aromatic heterocycles. The molecule has 2 aromatic carbocycles. The number of fused-ring (bicyclic) bond motifs is 1. The van der Waals surface area contributed by atoms with Crippen molar-refractivity contribution in [2.75, 3.05) is 0 Å². The molecular formula is C15H12NO6-. The Kier molecular flexibility index (Phi) is 2.81. The molecule has 0 aliphatic heterocycles. The van der Waals surface area contributed by atoms with E-state index in [9.17, 15) is 30.3 Å². The second-order valence-electron chi connectivity index (χ2n) is 5.14. The molecule has 0 unspecified atom stereocenters. The van der Waals surface area contributed by atoms with E-state index in [1.807, 2.05) is 0 Å². The largest absolute Gasteiger partial charge is 0.699 e. The molecule has 7 nitrogen and oxygen atoms in total. The standard InChI is InChI=1S/C15H12NO6/c16-5-1-2-6-7(3-5)9(17)4-8(6)10-11(18)13(20)15(22)14(21)12(10)19/h1-3,8,16,18-22H,4H2/q-1/t8-/m1/s1. The van der Waals surface area contributed by atoms with Crippen LogP contribution in [-0.4, -0.2) is 31.3 Å². The van der Waals surface area contributed by atoms with Crippen molar-refractivity contribution in [3.63, 3.8) is 0 Å². The van der Waals surface area contributed by atoms with Crippen LogP contribution < -0.4 is 0 Å². The predicted molar refractivity (Wildman–Crippen MR) is 76.0 cm³/mol. The molecule has 1 aliphatic rings. The molecule has 1 aliphatic carbocycles. The summed E-state index contributed by atoms with van der Waals surface area (Å²) in [7, 11) is 0. The van der Waals surface area contributed by atoms with Crippen LogP contribution in [-0.2, 0) is 0 Å². The lowest BCUT2D eigenvalue weighted by molar-refractivity contribution is 0.0991. The number of hydrogen-bond acceptors (Lipinski definition) is 6. The zero-order valence-corrected chi connectivity index (χ0v) is 11.2. The molecule has 3 rings (SSSR count). The van der Waals surface area contributed by atoms with Crippen molar-refractivity contribution >= 4 is 11.5 Å². The van der Waals surface area contributed by atoms with E-state index in [2.05, 4.69) is 0 Å². The van der Waals surface area contributed by atoms with E-state index in [4.69, 9.17) is 5.73 Å². The van der Waals surface area contributed by atoms with Gasteiger partial charge in [0, 0.05) is 17.9 Å². The van der Waals surface area contributed by atoms with Gasteiger partial charge in [0.1, 0.15) is 0 Å². The van der Waals surface area contributed by atoms with Crippen LogP contribution in [0.25, 0.3) is 5.73 Å². The molecule has 0 saturated heterocycles. The lowest BCUT2D eigenvalue weighted by Gasteiger charge is -2.18. The molecule has 7 heteroatoms. The number of ketones is 1. The van der Waals surface area contributed by atoms with Crippen molar-refractivity contribution in [2.24, 2.45) is 0 Å². The van der Waals surface area contributed by atoms with Gasteiger partial charge in [-0.05, 0) is 5.56 Å². The Bertz CT molecular complexity index is 785. The minimum absolute atomic E-state index is 0.0937. The molecule has 0 fully saturated rings. The first kappa shape index (κ1) is 13.9. The van der Waals surface area contributed by atoms with E-state index >= 15 is 0 Å². The van der Waals surface area contributed by atoms with Gasteiger partial charge < -0.3 is 31.3 Å². The van der Waals surface area contributed by atoms with Crippen LogP contribution in [0.4, 0.5) is 5.69 Å². The third-order valence-corrected chi connectivity index (χ3v) is 3.87. The van der Waals surface area contributed by atoms with Crippen LogP contribution in [0.1, 0.15) is 33.8 Å². The molecule has 114 valence electrons. The third-order valence-electron chi connectivity index (χ3n) is 3.87. The molecule has 1 atom stereocenters. The maximum Gasteiger partial charge on any atom is 0.208 e. The maximum atomic E-state index is 12.0. The number of benzene rings is 2. The Morgan fingerprint density at radius 1 is 0.909 bits per heavy atom. The van der Waals surface area contributed by atoms with E-state index in [1.165, 1.54) is 18.2 Å². The summed E-state index contributed by atoms with van der Waals surface area (Å²) in [5.41, 5.74) is 8.22. The number of phenols is 5. The van der Waals surface area contributed by atoms with Crippen LogP contribution in [0.2, 0.25) is 0 Å². The topological polar surface area (TPSA) is 142 Å². The Balaban J connectivity index is 2.26. The lowest BCUT2D eigenvalue weighted by Crippen LogP contribution is -1.99. The first-order chi connectivity index (χ1) is 10.3. The molecule has 0 saturated carbocycles. The van der Waals surface area contributed by atoms with Crippen molar-refractivity contribution in [3.8, 4) is 28.7 Å². The first-order valence-electron chi connectivity index (χ1n) is 6.40. The number of carbonyl (C=O) groups is 1. The quantitative estimate of drug-likeness (QED) is 0.405. The number of nitrogens with one attached hydrogen (secondary N) is 1. The number of phenolic OH excluding ortho intramolecular Hbond substituents is 5. The highest BCUT2D eigenvalue weighted by atomic mass is 16.4.